The minimum absolute atomic E-state index is 0.536. The fourth-order valence-electron chi connectivity index (χ4n) is 3.62. The second-order valence-electron chi connectivity index (χ2n) is 7.16. The molecule has 1 aliphatic rings. The average molecular weight is 380 g/mol. The molecule has 2 aromatic carbocycles. The number of nitrogens with one attached hydrogen (secondary N) is 1. The lowest BCUT2D eigenvalue weighted by Crippen LogP contribution is -2.26. The molecular formula is C23H29N3O2. The van der Waals surface area contributed by atoms with Crippen molar-refractivity contribution >= 4 is 5.69 Å². The smallest absolute Gasteiger partial charge is 0.142 e. The fraction of sp³-hybridized carbons (Fsp3) is 0.435. The number of anilines is 1. The molecule has 148 valence electrons. The zero-order chi connectivity index (χ0) is 19.6. The minimum atomic E-state index is 0.536. The first kappa shape index (κ1) is 20.0. The molecule has 1 heterocycles. The van der Waals surface area contributed by atoms with E-state index in [-0.39, 0.29) is 0 Å². The van der Waals surface area contributed by atoms with E-state index in [2.05, 4.69) is 40.6 Å². The first-order valence-electron chi connectivity index (χ1n) is 9.97. The van der Waals surface area contributed by atoms with Gasteiger partial charge in [0.25, 0.3) is 0 Å². The van der Waals surface area contributed by atoms with Gasteiger partial charge < -0.3 is 19.7 Å². The SMILES string of the molecule is COc1ccccc1N1CCC(CNCc2cccc(OCCCC#N)c2)C1. The number of nitrogens with zero attached hydrogens (tertiary/aromatic N) is 2. The van der Waals surface area contributed by atoms with Gasteiger partial charge in [-0.2, -0.15) is 5.26 Å². The van der Waals surface area contributed by atoms with Gasteiger partial charge in [0.2, 0.25) is 0 Å². The van der Waals surface area contributed by atoms with Crippen molar-refractivity contribution in [2.24, 2.45) is 5.92 Å². The summed E-state index contributed by atoms with van der Waals surface area (Å²) in [5.74, 6) is 2.46. The molecule has 1 atom stereocenters. The van der Waals surface area contributed by atoms with Crippen LogP contribution >= 0.6 is 0 Å². The van der Waals surface area contributed by atoms with E-state index < -0.39 is 0 Å². The second-order valence-corrected chi connectivity index (χ2v) is 7.16. The van der Waals surface area contributed by atoms with Crippen LogP contribution in [0.4, 0.5) is 5.69 Å². The number of benzene rings is 2. The molecule has 1 fully saturated rings. The molecule has 1 N–H and O–H groups in total. The summed E-state index contributed by atoms with van der Waals surface area (Å²) in [7, 11) is 1.73. The van der Waals surface area contributed by atoms with Crippen LogP contribution in [-0.2, 0) is 6.54 Å². The van der Waals surface area contributed by atoms with Crippen molar-refractivity contribution < 1.29 is 9.47 Å². The molecule has 0 radical (unpaired) electrons. The molecule has 5 nitrogen and oxygen atoms in total. The van der Waals surface area contributed by atoms with Gasteiger partial charge in [-0.15, -0.1) is 0 Å². The number of rotatable bonds is 10. The lowest BCUT2D eigenvalue weighted by Gasteiger charge is -2.21. The monoisotopic (exact) mass is 379 g/mol. The lowest BCUT2D eigenvalue weighted by atomic mass is 10.1. The largest absolute Gasteiger partial charge is 0.495 e. The summed E-state index contributed by atoms with van der Waals surface area (Å²) in [5.41, 5.74) is 2.41. The van der Waals surface area contributed by atoms with Crippen molar-refractivity contribution in [3.63, 3.8) is 0 Å². The Hall–Kier alpha value is -2.71. The maximum Gasteiger partial charge on any atom is 0.142 e. The number of ether oxygens (including phenoxy) is 2. The van der Waals surface area contributed by atoms with Crippen molar-refractivity contribution in [1.29, 1.82) is 5.26 Å². The Kier molecular flexibility index (Phi) is 7.57. The number of methoxy groups -OCH3 is 1. The van der Waals surface area contributed by atoms with E-state index in [1.54, 1.807) is 7.11 Å². The predicted molar refractivity (Wildman–Crippen MR) is 112 cm³/mol. The number of hydrogen-bond donors (Lipinski definition) is 1. The average Bonchev–Trinajstić information content (AvgIpc) is 3.20. The normalized spacial score (nSPS) is 16.0. The Bertz CT molecular complexity index is 787. The van der Waals surface area contributed by atoms with Gasteiger partial charge in [0, 0.05) is 32.6 Å². The quantitative estimate of drug-likeness (QED) is 0.633. The number of hydrogen-bond acceptors (Lipinski definition) is 5. The van der Waals surface area contributed by atoms with Crippen LogP contribution in [-0.4, -0.2) is 33.4 Å². The fourth-order valence-corrected chi connectivity index (χ4v) is 3.62. The van der Waals surface area contributed by atoms with E-state index in [0.29, 0.717) is 18.9 Å². The lowest BCUT2D eigenvalue weighted by molar-refractivity contribution is 0.312. The Morgan fingerprint density at radius 3 is 2.96 bits per heavy atom. The maximum atomic E-state index is 8.58. The van der Waals surface area contributed by atoms with Gasteiger partial charge in [0.15, 0.2) is 0 Å². The van der Waals surface area contributed by atoms with E-state index in [9.17, 15) is 0 Å². The number of nitriles is 1. The van der Waals surface area contributed by atoms with Crippen LogP contribution in [0.1, 0.15) is 24.8 Å². The van der Waals surface area contributed by atoms with E-state index in [1.165, 1.54) is 17.7 Å². The molecule has 0 amide bonds. The molecule has 1 aliphatic heterocycles. The van der Waals surface area contributed by atoms with Gasteiger partial charge in [0.05, 0.1) is 25.5 Å². The molecule has 0 aromatic heterocycles. The van der Waals surface area contributed by atoms with Crippen LogP contribution in [0.25, 0.3) is 0 Å². The van der Waals surface area contributed by atoms with Crippen LogP contribution in [0, 0.1) is 17.2 Å². The molecule has 0 saturated carbocycles. The summed E-state index contributed by atoms with van der Waals surface area (Å²) in [6.07, 6.45) is 2.49. The third kappa shape index (κ3) is 5.64. The molecule has 3 rings (SSSR count). The van der Waals surface area contributed by atoms with Gasteiger partial charge >= 0.3 is 0 Å². The summed E-state index contributed by atoms with van der Waals surface area (Å²) < 4.78 is 11.2. The summed E-state index contributed by atoms with van der Waals surface area (Å²) in [6.45, 7) is 4.54. The highest BCUT2D eigenvalue weighted by Crippen LogP contribution is 2.31. The summed E-state index contributed by atoms with van der Waals surface area (Å²) in [4.78, 5) is 2.42. The van der Waals surface area contributed by atoms with Gasteiger partial charge in [-0.25, -0.2) is 0 Å². The maximum absolute atomic E-state index is 8.58. The van der Waals surface area contributed by atoms with Gasteiger partial charge in [-0.3, -0.25) is 0 Å². The van der Waals surface area contributed by atoms with Crippen LogP contribution in [0.3, 0.4) is 0 Å². The molecule has 0 spiro atoms. The topological polar surface area (TPSA) is 57.5 Å². The third-order valence-corrected chi connectivity index (χ3v) is 5.07. The van der Waals surface area contributed by atoms with Crippen LogP contribution < -0.4 is 19.7 Å². The Balaban J connectivity index is 1.43. The van der Waals surface area contributed by atoms with Crippen molar-refractivity contribution in [2.45, 2.75) is 25.8 Å². The number of para-hydroxylation sites is 2. The van der Waals surface area contributed by atoms with Gasteiger partial charge in [0.1, 0.15) is 11.5 Å². The van der Waals surface area contributed by atoms with E-state index >= 15 is 0 Å². The van der Waals surface area contributed by atoms with Crippen molar-refractivity contribution in [1.82, 2.24) is 5.32 Å². The van der Waals surface area contributed by atoms with E-state index in [1.807, 2.05) is 24.3 Å². The molecular weight excluding hydrogens is 350 g/mol. The molecule has 1 saturated heterocycles. The van der Waals surface area contributed by atoms with Crippen molar-refractivity contribution in [3.8, 4) is 17.6 Å². The van der Waals surface area contributed by atoms with Gasteiger partial charge in [-0.1, -0.05) is 24.3 Å². The van der Waals surface area contributed by atoms with Crippen LogP contribution in [0.15, 0.2) is 48.5 Å². The minimum Gasteiger partial charge on any atom is -0.495 e. The Morgan fingerprint density at radius 2 is 2.11 bits per heavy atom. The summed E-state index contributed by atoms with van der Waals surface area (Å²) in [5, 5.41) is 12.2. The summed E-state index contributed by atoms with van der Waals surface area (Å²) in [6, 6.07) is 18.6. The van der Waals surface area contributed by atoms with Crippen molar-refractivity contribution in [2.75, 3.05) is 38.3 Å². The predicted octanol–water partition coefficient (Wildman–Crippen LogP) is 3.99. The van der Waals surface area contributed by atoms with E-state index in [4.69, 9.17) is 14.7 Å². The zero-order valence-electron chi connectivity index (χ0n) is 16.6. The Morgan fingerprint density at radius 1 is 1.21 bits per heavy atom. The van der Waals surface area contributed by atoms with Crippen molar-refractivity contribution in [3.05, 3.63) is 54.1 Å². The highest BCUT2D eigenvalue weighted by Gasteiger charge is 2.24. The molecule has 28 heavy (non-hydrogen) atoms. The molecule has 5 heteroatoms. The zero-order valence-corrected chi connectivity index (χ0v) is 16.6. The molecule has 0 bridgehead atoms. The molecule has 1 unspecified atom stereocenters. The molecule has 0 aliphatic carbocycles. The van der Waals surface area contributed by atoms with Gasteiger partial charge in [-0.05, 0) is 48.6 Å². The highest BCUT2D eigenvalue weighted by atomic mass is 16.5. The molecule has 2 aromatic rings. The highest BCUT2D eigenvalue weighted by molar-refractivity contribution is 5.59. The third-order valence-electron chi connectivity index (χ3n) is 5.07. The van der Waals surface area contributed by atoms with E-state index in [0.717, 1.165) is 44.1 Å². The van der Waals surface area contributed by atoms with Crippen LogP contribution in [0.2, 0.25) is 0 Å². The first-order chi connectivity index (χ1) is 13.8. The number of unbranched alkanes of at least 4 members (excludes halogenated alkanes) is 1. The summed E-state index contributed by atoms with van der Waals surface area (Å²) >= 11 is 0. The van der Waals surface area contributed by atoms with Crippen LogP contribution in [0.5, 0.6) is 11.5 Å². The Labute approximate surface area is 167 Å². The first-order valence-corrected chi connectivity index (χ1v) is 9.97. The standard InChI is InChI=1S/C23H29N3O2/c1-27-23-10-3-2-9-22(23)26-13-11-20(18-26)17-25-16-19-7-6-8-21(15-19)28-14-5-4-12-24/h2-3,6-10,15,20,25H,4-5,11,13-14,16-18H2,1H3. The second kappa shape index (κ2) is 10.6.